The fourth-order valence-electron chi connectivity index (χ4n) is 1.38. The molecule has 0 saturated heterocycles. The van der Waals surface area contributed by atoms with E-state index < -0.39 is 0 Å². The summed E-state index contributed by atoms with van der Waals surface area (Å²) in [5, 5.41) is 0. The summed E-state index contributed by atoms with van der Waals surface area (Å²) in [6.07, 6.45) is 0. The molecule has 82 valence electrons. The van der Waals surface area contributed by atoms with Gasteiger partial charge in [-0.05, 0) is 30.3 Å². The first-order chi connectivity index (χ1) is 7.11. The number of alkyl halides is 1. The fraction of sp³-hybridized carbons (Fsp3) is 0.333. The van der Waals surface area contributed by atoms with Gasteiger partial charge < -0.3 is 0 Å². The highest BCUT2D eigenvalue weighted by molar-refractivity contribution is 6.19. The molecule has 0 bridgehead atoms. The number of likely N-dealkylation sites (N-methyl/N-ethyl adjacent to an activating group) is 1. The average Bonchev–Trinajstić information content (AvgIpc) is 2.21. The molecule has 1 nitrogen and oxygen atoms in total. The Morgan fingerprint density at radius 3 is 2.53 bits per heavy atom. The Morgan fingerprint density at radius 2 is 2.00 bits per heavy atom. The minimum absolute atomic E-state index is 0.202. The first kappa shape index (κ1) is 12.2. The monoisotopic (exact) mass is 227 g/mol. The first-order valence-electron chi connectivity index (χ1n) is 4.77. The highest BCUT2D eigenvalue weighted by atomic mass is 35.5. The topological polar surface area (TPSA) is 3.24 Å². The van der Waals surface area contributed by atoms with Crippen molar-refractivity contribution < 1.29 is 4.39 Å². The molecule has 0 aromatic heterocycles. The van der Waals surface area contributed by atoms with E-state index in [9.17, 15) is 4.39 Å². The second kappa shape index (κ2) is 5.89. The van der Waals surface area contributed by atoms with Crippen LogP contribution in [0.25, 0.3) is 0 Å². The molecule has 3 heteroatoms. The van der Waals surface area contributed by atoms with Gasteiger partial charge >= 0.3 is 0 Å². The van der Waals surface area contributed by atoms with Crippen LogP contribution < -0.4 is 0 Å². The molecule has 0 aliphatic rings. The molecule has 0 unspecified atom stereocenters. The van der Waals surface area contributed by atoms with Gasteiger partial charge in [0.1, 0.15) is 5.82 Å². The summed E-state index contributed by atoms with van der Waals surface area (Å²) in [5.74, 6) is 0.278. The quantitative estimate of drug-likeness (QED) is 0.552. The largest absolute Gasteiger partial charge is 0.298 e. The lowest BCUT2D eigenvalue weighted by molar-refractivity contribution is 0.355. The number of nitrogens with zero attached hydrogens (tertiary/aromatic N) is 1. The van der Waals surface area contributed by atoms with Crippen molar-refractivity contribution in [1.29, 1.82) is 0 Å². The van der Waals surface area contributed by atoms with Crippen LogP contribution in [-0.2, 0) is 6.54 Å². The molecule has 0 fully saturated rings. The van der Waals surface area contributed by atoms with E-state index in [4.69, 9.17) is 11.6 Å². The van der Waals surface area contributed by atoms with Gasteiger partial charge in [-0.2, -0.15) is 0 Å². The highest BCUT2D eigenvalue weighted by Crippen LogP contribution is 2.07. The van der Waals surface area contributed by atoms with Gasteiger partial charge in [0.2, 0.25) is 0 Å². The zero-order chi connectivity index (χ0) is 11.3. The maximum Gasteiger partial charge on any atom is 0.123 e. The fourth-order valence-corrected chi connectivity index (χ4v) is 1.47. The molecule has 1 aromatic rings. The lowest BCUT2D eigenvalue weighted by Gasteiger charge is -2.17. The molecule has 0 saturated carbocycles. The van der Waals surface area contributed by atoms with Crippen LogP contribution in [0.15, 0.2) is 36.4 Å². The first-order valence-corrected chi connectivity index (χ1v) is 5.31. The van der Waals surface area contributed by atoms with Crippen molar-refractivity contribution in [2.45, 2.75) is 6.54 Å². The second-order valence-corrected chi connectivity index (χ2v) is 3.95. The van der Waals surface area contributed by atoms with Gasteiger partial charge in [-0.15, -0.1) is 11.6 Å². The summed E-state index contributed by atoms with van der Waals surface area (Å²) in [5.41, 5.74) is 2.07. The van der Waals surface area contributed by atoms with Crippen LogP contribution in [0.5, 0.6) is 0 Å². The Morgan fingerprint density at radius 1 is 1.40 bits per heavy atom. The molecular weight excluding hydrogens is 213 g/mol. The Balaban J connectivity index is 2.47. The van der Waals surface area contributed by atoms with Crippen LogP contribution >= 0.6 is 11.6 Å². The molecule has 15 heavy (non-hydrogen) atoms. The van der Waals surface area contributed by atoms with Crippen molar-refractivity contribution in [3.05, 3.63) is 47.8 Å². The van der Waals surface area contributed by atoms with E-state index in [1.807, 2.05) is 7.05 Å². The van der Waals surface area contributed by atoms with Crippen LogP contribution in [0.2, 0.25) is 0 Å². The van der Waals surface area contributed by atoms with Crippen molar-refractivity contribution >= 4 is 11.6 Å². The third-order valence-electron chi connectivity index (χ3n) is 2.05. The molecule has 0 aliphatic heterocycles. The lowest BCUT2D eigenvalue weighted by atomic mass is 10.2. The lowest BCUT2D eigenvalue weighted by Crippen LogP contribution is -2.20. The molecule has 0 heterocycles. The van der Waals surface area contributed by atoms with Crippen molar-refractivity contribution in [2.75, 3.05) is 19.5 Å². The Kier molecular flexibility index (Phi) is 4.79. The molecule has 1 aromatic carbocycles. The SMILES string of the molecule is C=C(CCl)CN(C)Cc1ccc(F)cc1. The van der Waals surface area contributed by atoms with E-state index in [-0.39, 0.29) is 5.82 Å². The van der Waals surface area contributed by atoms with Crippen LogP contribution in [-0.4, -0.2) is 24.4 Å². The summed E-state index contributed by atoms with van der Waals surface area (Å²) in [4.78, 5) is 2.10. The minimum Gasteiger partial charge on any atom is -0.298 e. The van der Waals surface area contributed by atoms with Crippen LogP contribution in [0.3, 0.4) is 0 Å². The normalized spacial score (nSPS) is 10.7. The van der Waals surface area contributed by atoms with E-state index in [1.165, 1.54) is 12.1 Å². The predicted molar refractivity (Wildman–Crippen MR) is 62.6 cm³/mol. The molecular formula is C12H15ClFN. The molecule has 0 amide bonds. The highest BCUT2D eigenvalue weighted by Gasteiger charge is 2.02. The van der Waals surface area contributed by atoms with Crippen LogP contribution in [0.4, 0.5) is 4.39 Å². The summed E-state index contributed by atoms with van der Waals surface area (Å²) in [6.45, 7) is 5.37. The number of hydrogen-bond acceptors (Lipinski definition) is 1. The van der Waals surface area contributed by atoms with Crippen molar-refractivity contribution in [3.8, 4) is 0 Å². The van der Waals surface area contributed by atoms with E-state index in [1.54, 1.807) is 12.1 Å². The average molecular weight is 228 g/mol. The molecule has 0 spiro atoms. The standard InChI is InChI=1S/C12H15ClFN/c1-10(7-13)8-15(2)9-11-3-5-12(14)6-4-11/h3-6H,1,7-9H2,2H3. The Bertz CT molecular complexity index is 321. The zero-order valence-electron chi connectivity index (χ0n) is 8.84. The van der Waals surface area contributed by atoms with Gasteiger partial charge in [0.15, 0.2) is 0 Å². The van der Waals surface area contributed by atoms with Crippen LogP contribution in [0, 0.1) is 5.82 Å². The summed E-state index contributed by atoms with van der Waals surface area (Å²) in [6, 6.07) is 6.52. The van der Waals surface area contributed by atoms with E-state index in [2.05, 4.69) is 11.5 Å². The molecule has 1 rings (SSSR count). The van der Waals surface area contributed by atoms with Gasteiger partial charge in [-0.25, -0.2) is 4.39 Å². The Labute approximate surface area is 95.2 Å². The summed E-state index contributed by atoms with van der Waals surface area (Å²) in [7, 11) is 1.99. The number of rotatable bonds is 5. The van der Waals surface area contributed by atoms with E-state index in [0.29, 0.717) is 5.88 Å². The maximum absolute atomic E-state index is 12.6. The summed E-state index contributed by atoms with van der Waals surface area (Å²) < 4.78 is 12.6. The van der Waals surface area contributed by atoms with Crippen LogP contribution in [0.1, 0.15) is 5.56 Å². The van der Waals surface area contributed by atoms with Crippen molar-refractivity contribution in [2.24, 2.45) is 0 Å². The van der Waals surface area contributed by atoms with Gasteiger partial charge in [0, 0.05) is 19.0 Å². The van der Waals surface area contributed by atoms with Crippen molar-refractivity contribution in [3.63, 3.8) is 0 Å². The molecule has 0 atom stereocenters. The zero-order valence-corrected chi connectivity index (χ0v) is 9.60. The smallest absolute Gasteiger partial charge is 0.123 e. The van der Waals surface area contributed by atoms with Gasteiger partial charge in [-0.1, -0.05) is 18.7 Å². The third kappa shape index (κ3) is 4.45. The molecule has 0 N–H and O–H groups in total. The Hall–Kier alpha value is -0.860. The van der Waals surface area contributed by atoms with Gasteiger partial charge in [0.05, 0.1) is 0 Å². The number of benzene rings is 1. The summed E-state index contributed by atoms with van der Waals surface area (Å²) >= 11 is 5.64. The second-order valence-electron chi connectivity index (χ2n) is 3.68. The third-order valence-corrected chi connectivity index (χ3v) is 2.43. The van der Waals surface area contributed by atoms with Gasteiger partial charge in [0.25, 0.3) is 0 Å². The minimum atomic E-state index is -0.202. The van der Waals surface area contributed by atoms with Crippen molar-refractivity contribution in [1.82, 2.24) is 4.90 Å². The van der Waals surface area contributed by atoms with E-state index >= 15 is 0 Å². The van der Waals surface area contributed by atoms with Gasteiger partial charge in [-0.3, -0.25) is 4.90 Å². The number of halogens is 2. The molecule has 0 aliphatic carbocycles. The van der Waals surface area contributed by atoms with E-state index in [0.717, 1.165) is 24.2 Å². The maximum atomic E-state index is 12.6. The number of hydrogen-bond donors (Lipinski definition) is 0. The molecule has 0 radical (unpaired) electrons. The predicted octanol–water partition coefficient (Wildman–Crippen LogP) is 3.05.